The molecule has 0 aliphatic carbocycles. The molecule has 0 saturated carbocycles. The lowest BCUT2D eigenvalue weighted by molar-refractivity contribution is 0.531. The van der Waals surface area contributed by atoms with Gasteiger partial charge in [0, 0.05) is 40.2 Å². The van der Waals surface area contributed by atoms with Crippen molar-refractivity contribution in [3.05, 3.63) is 103 Å². The van der Waals surface area contributed by atoms with E-state index in [9.17, 15) is 0 Å². The van der Waals surface area contributed by atoms with E-state index in [1.54, 1.807) is 12.4 Å². The third-order valence-corrected chi connectivity index (χ3v) is 5.57. The second-order valence-electron chi connectivity index (χ2n) is 7.45. The zero-order chi connectivity index (χ0) is 19.9. The topological polar surface area (TPSA) is 54.8 Å². The van der Waals surface area contributed by atoms with Crippen molar-refractivity contribution in [2.75, 3.05) is 6.54 Å². The molecule has 0 N–H and O–H groups in total. The summed E-state index contributed by atoms with van der Waals surface area (Å²) in [6, 6.07) is 14.7. The molecule has 0 fully saturated rings. The molecule has 6 rings (SSSR count). The lowest BCUT2D eigenvalue weighted by atomic mass is 9.99. The Balaban J connectivity index is 1.40. The molecule has 2 aromatic carbocycles. The fourth-order valence-electron chi connectivity index (χ4n) is 3.93. The molecule has 0 bridgehead atoms. The van der Waals surface area contributed by atoms with Gasteiger partial charge in [-0.1, -0.05) is 30.4 Å². The maximum absolute atomic E-state index is 4.45. The Labute approximate surface area is 173 Å². The van der Waals surface area contributed by atoms with Gasteiger partial charge in [-0.2, -0.15) is 10.2 Å². The third-order valence-electron chi connectivity index (χ3n) is 5.57. The van der Waals surface area contributed by atoms with Gasteiger partial charge in [0.05, 0.1) is 23.6 Å². The van der Waals surface area contributed by atoms with Crippen LogP contribution in [0.15, 0.2) is 97.1 Å². The van der Waals surface area contributed by atoms with E-state index >= 15 is 0 Å². The smallest absolute Gasteiger partial charge is 0.0936 e. The van der Waals surface area contributed by atoms with Gasteiger partial charge in [-0.3, -0.25) is 0 Å². The Morgan fingerprint density at radius 2 is 1.60 bits per heavy atom. The zero-order valence-electron chi connectivity index (χ0n) is 16.1. The molecule has 2 aliphatic heterocycles. The molecule has 0 spiro atoms. The standard InChI is InChI=1S/C25H17N5/c1-2-10-30-16-20(6-8-23(30)3-1)17-7-9-24-21(11-17)13-25(29-28-24)18-4-5-19-14-26-27-15-22(19)12-18/h1-15H,16H2. The fraction of sp³-hybridized carbons (Fsp3) is 0.0400. The van der Waals surface area contributed by atoms with Crippen LogP contribution < -0.4 is 0 Å². The number of hydrogen-bond donors (Lipinski definition) is 0. The summed E-state index contributed by atoms with van der Waals surface area (Å²) in [4.78, 5) is 2.26. The molecule has 2 aliphatic rings. The zero-order valence-corrected chi connectivity index (χ0v) is 16.1. The van der Waals surface area contributed by atoms with Crippen molar-refractivity contribution < 1.29 is 0 Å². The molecule has 5 nitrogen and oxygen atoms in total. The van der Waals surface area contributed by atoms with E-state index in [0.717, 1.165) is 39.5 Å². The molecule has 142 valence electrons. The minimum Gasteiger partial charge on any atom is -0.344 e. The van der Waals surface area contributed by atoms with Crippen molar-refractivity contribution in [3.8, 4) is 11.3 Å². The van der Waals surface area contributed by atoms with Crippen LogP contribution in [0.2, 0.25) is 0 Å². The van der Waals surface area contributed by atoms with E-state index in [-0.39, 0.29) is 0 Å². The van der Waals surface area contributed by atoms with Gasteiger partial charge in [-0.15, -0.1) is 10.2 Å². The van der Waals surface area contributed by atoms with Crippen molar-refractivity contribution in [1.82, 2.24) is 25.3 Å². The molecule has 4 heterocycles. The van der Waals surface area contributed by atoms with Gasteiger partial charge < -0.3 is 4.90 Å². The minimum atomic E-state index is 0.849. The average Bonchev–Trinajstić information content (AvgIpc) is 2.82. The Morgan fingerprint density at radius 3 is 2.57 bits per heavy atom. The summed E-state index contributed by atoms with van der Waals surface area (Å²) in [5.41, 5.74) is 6.46. The van der Waals surface area contributed by atoms with Gasteiger partial charge in [-0.25, -0.2) is 0 Å². The van der Waals surface area contributed by atoms with Crippen LogP contribution in [0.5, 0.6) is 0 Å². The Hall–Kier alpha value is -4.12. The number of allylic oxidation sites excluding steroid dienone is 5. The van der Waals surface area contributed by atoms with Gasteiger partial charge in [0.2, 0.25) is 0 Å². The summed E-state index contributed by atoms with van der Waals surface area (Å²) in [5, 5.41) is 20.0. The average molecular weight is 387 g/mol. The largest absolute Gasteiger partial charge is 0.344 e. The molecule has 0 atom stereocenters. The summed E-state index contributed by atoms with van der Waals surface area (Å²) in [6.07, 6.45) is 16.3. The highest BCUT2D eigenvalue weighted by atomic mass is 15.1. The van der Waals surface area contributed by atoms with Crippen molar-refractivity contribution >= 4 is 27.2 Å². The lowest BCUT2D eigenvalue weighted by Crippen LogP contribution is -2.21. The molecule has 5 heteroatoms. The van der Waals surface area contributed by atoms with Gasteiger partial charge in [0.15, 0.2) is 0 Å². The first-order chi connectivity index (χ1) is 14.8. The minimum absolute atomic E-state index is 0.849. The van der Waals surface area contributed by atoms with E-state index in [1.165, 1.54) is 16.8 Å². The summed E-state index contributed by atoms with van der Waals surface area (Å²) in [5.74, 6) is 0. The van der Waals surface area contributed by atoms with Crippen LogP contribution in [-0.4, -0.2) is 31.8 Å². The molecular formula is C25H17N5. The molecule has 0 amide bonds. The van der Waals surface area contributed by atoms with Gasteiger partial charge >= 0.3 is 0 Å². The monoisotopic (exact) mass is 387 g/mol. The van der Waals surface area contributed by atoms with Crippen molar-refractivity contribution in [1.29, 1.82) is 0 Å². The van der Waals surface area contributed by atoms with E-state index in [4.69, 9.17) is 0 Å². The van der Waals surface area contributed by atoms with Crippen molar-refractivity contribution in [2.45, 2.75) is 0 Å². The highest BCUT2D eigenvalue weighted by Crippen LogP contribution is 2.29. The van der Waals surface area contributed by atoms with Gasteiger partial charge in [0.25, 0.3) is 0 Å². The maximum Gasteiger partial charge on any atom is 0.0936 e. The molecule has 4 aromatic rings. The van der Waals surface area contributed by atoms with Crippen LogP contribution in [-0.2, 0) is 0 Å². The SMILES string of the molecule is C1=CC2=CC=C(c3ccc4nnc(-c5ccc6cnncc6c5)cc4c3)CN2C=C1. The maximum atomic E-state index is 4.45. The van der Waals surface area contributed by atoms with E-state index < -0.39 is 0 Å². The van der Waals surface area contributed by atoms with Gasteiger partial charge in [-0.05, 0) is 53.6 Å². The quantitative estimate of drug-likeness (QED) is 0.489. The van der Waals surface area contributed by atoms with Crippen LogP contribution in [0.1, 0.15) is 5.56 Å². The molecule has 30 heavy (non-hydrogen) atoms. The predicted molar refractivity (Wildman–Crippen MR) is 119 cm³/mol. The summed E-state index contributed by atoms with van der Waals surface area (Å²) < 4.78 is 0. The first-order valence-corrected chi connectivity index (χ1v) is 9.85. The van der Waals surface area contributed by atoms with E-state index in [2.05, 4.69) is 92.2 Å². The number of nitrogens with zero attached hydrogens (tertiary/aromatic N) is 5. The summed E-state index contributed by atoms with van der Waals surface area (Å²) >= 11 is 0. The normalized spacial score (nSPS) is 15.3. The molecule has 0 radical (unpaired) electrons. The van der Waals surface area contributed by atoms with Crippen LogP contribution in [0.3, 0.4) is 0 Å². The molecule has 0 saturated heterocycles. The Bertz CT molecular complexity index is 1430. The lowest BCUT2D eigenvalue weighted by Gasteiger charge is -2.28. The van der Waals surface area contributed by atoms with E-state index in [1.807, 2.05) is 12.1 Å². The second-order valence-corrected chi connectivity index (χ2v) is 7.45. The first-order valence-electron chi connectivity index (χ1n) is 9.85. The second kappa shape index (κ2) is 6.74. The molecule has 0 unspecified atom stereocenters. The van der Waals surface area contributed by atoms with E-state index in [0.29, 0.717) is 0 Å². The fourth-order valence-corrected chi connectivity index (χ4v) is 3.93. The number of rotatable bonds is 2. The van der Waals surface area contributed by atoms with Crippen LogP contribution in [0, 0.1) is 0 Å². The highest BCUT2D eigenvalue weighted by molar-refractivity contribution is 5.89. The summed E-state index contributed by atoms with van der Waals surface area (Å²) in [6.45, 7) is 0.856. The molecule has 2 aromatic heterocycles. The predicted octanol–water partition coefficient (Wildman–Crippen LogP) is 4.91. The first kappa shape index (κ1) is 16.8. The van der Waals surface area contributed by atoms with Gasteiger partial charge in [0.1, 0.15) is 0 Å². The van der Waals surface area contributed by atoms with Crippen LogP contribution >= 0.6 is 0 Å². The molecular weight excluding hydrogens is 370 g/mol. The van der Waals surface area contributed by atoms with Crippen LogP contribution in [0.4, 0.5) is 0 Å². The number of fused-ring (bicyclic) bond motifs is 3. The Kier molecular flexibility index (Phi) is 3.77. The summed E-state index contributed by atoms with van der Waals surface area (Å²) in [7, 11) is 0. The Morgan fingerprint density at radius 1 is 0.733 bits per heavy atom. The number of hydrogen-bond acceptors (Lipinski definition) is 5. The van der Waals surface area contributed by atoms with Crippen LogP contribution in [0.25, 0.3) is 38.5 Å². The third kappa shape index (κ3) is 2.88. The highest BCUT2D eigenvalue weighted by Gasteiger charge is 2.15. The number of benzene rings is 2. The van der Waals surface area contributed by atoms with Crippen molar-refractivity contribution in [2.24, 2.45) is 0 Å². The number of aromatic nitrogens is 4. The van der Waals surface area contributed by atoms with Crippen molar-refractivity contribution in [3.63, 3.8) is 0 Å².